The summed E-state index contributed by atoms with van der Waals surface area (Å²) in [5, 5.41) is 9.60. The van der Waals surface area contributed by atoms with Crippen LogP contribution < -0.4 is 10.3 Å². The Hall–Kier alpha value is -3.85. The second kappa shape index (κ2) is 8.35. The highest BCUT2D eigenvalue weighted by Gasteiger charge is 2.38. The minimum atomic E-state index is -0.0470. The fourth-order valence-electron chi connectivity index (χ4n) is 5.01. The normalized spacial score (nSPS) is 19.0. The zero-order chi connectivity index (χ0) is 22.1. The van der Waals surface area contributed by atoms with Gasteiger partial charge in [0.25, 0.3) is 11.5 Å². The number of hydrogen-bond donors (Lipinski definition) is 0. The molecule has 2 aromatic carbocycles. The average Bonchev–Trinajstić information content (AvgIpc) is 2.83. The second-order valence-corrected chi connectivity index (χ2v) is 8.44. The molecule has 6 heteroatoms. The van der Waals surface area contributed by atoms with Gasteiger partial charge in [-0.05, 0) is 36.6 Å². The standard InChI is InChI=1S/C26H23N3O3/c27-13-19-6-4-5-9-22(19)23-10-11-24(30)29-15-18-12-20(26(23)29)16-28(14-18)25(31)17-32-21-7-2-1-3-8-21/h1-11,18,20H,12,14-17H2/t18-,20+/m0/s1. The topological polar surface area (TPSA) is 75.3 Å². The van der Waals surface area contributed by atoms with E-state index in [9.17, 15) is 14.9 Å². The smallest absolute Gasteiger partial charge is 0.260 e. The lowest BCUT2D eigenvalue weighted by molar-refractivity contribution is -0.136. The quantitative estimate of drug-likeness (QED) is 0.642. The number of carbonyl (C=O) groups is 1. The minimum absolute atomic E-state index is 0.00479. The number of likely N-dealkylation sites (tertiary alicyclic amines) is 1. The first-order chi connectivity index (χ1) is 15.6. The van der Waals surface area contributed by atoms with E-state index in [1.165, 1.54) is 0 Å². The van der Waals surface area contributed by atoms with Crippen molar-refractivity contribution in [3.05, 3.63) is 88.3 Å². The van der Waals surface area contributed by atoms with Crippen LogP contribution in [0, 0.1) is 17.2 Å². The molecule has 2 atom stereocenters. The minimum Gasteiger partial charge on any atom is -0.484 e. The molecule has 1 fully saturated rings. The first-order valence-electron chi connectivity index (χ1n) is 10.8. The molecule has 2 aliphatic heterocycles. The lowest BCUT2D eigenvalue weighted by Gasteiger charge is -2.43. The number of amides is 1. The fourth-order valence-corrected chi connectivity index (χ4v) is 5.01. The number of hydrogen-bond acceptors (Lipinski definition) is 4. The Kier molecular flexibility index (Phi) is 5.24. The Labute approximate surface area is 186 Å². The third kappa shape index (κ3) is 3.67. The van der Waals surface area contributed by atoms with Crippen molar-refractivity contribution in [3.63, 3.8) is 0 Å². The van der Waals surface area contributed by atoms with Gasteiger partial charge in [0.2, 0.25) is 0 Å². The molecule has 0 saturated carbocycles. The van der Waals surface area contributed by atoms with Gasteiger partial charge in [0.05, 0.1) is 11.6 Å². The third-order valence-corrected chi connectivity index (χ3v) is 6.39. The molecule has 160 valence electrons. The number of piperidine rings is 1. The largest absolute Gasteiger partial charge is 0.484 e. The van der Waals surface area contributed by atoms with Crippen LogP contribution in [0.25, 0.3) is 11.1 Å². The number of para-hydroxylation sites is 1. The third-order valence-electron chi connectivity index (χ3n) is 6.39. The first-order valence-corrected chi connectivity index (χ1v) is 10.8. The predicted octanol–water partition coefficient (Wildman–Crippen LogP) is 3.41. The van der Waals surface area contributed by atoms with Gasteiger partial charge in [-0.15, -0.1) is 0 Å². The van der Waals surface area contributed by atoms with Gasteiger partial charge in [-0.3, -0.25) is 9.59 Å². The molecule has 6 nitrogen and oxygen atoms in total. The molecule has 1 amide bonds. The van der Waals surface area contributed by atoms with Crippen LogP contribution in [0.5, 0.6) is 5.75 Å². The molecule has 2 bridgehead atoms. The number of pyridine rings is 1. The van der Waals surface area contributed by atoms with Crippen LogP contribution in [0.15, 0.2) is 71.5 Å². The van der Waals surface area contributed by atoms with Crippen molar-refractivity contribution in [2.45, 2.75) is 18.9 Å². The molecule has 1 aromatic heterocycles. The molecule has 3 aromatic rings. The summed E-state index contributed by atoms with van der Waals surface area (Å²) in [4.78, 5) is 27.5. The van der Waals surface area contributed by atoms with Gasteiger partial charge in [0.1, 0.15) is 5.75 Å². The molecule has 32 heavy (non-hydrogen) atoms. The number of nitrogens with zero attached hydrogens (tertiary/aromatic N) is 3. The van der Waals surface area contributed by atoms with Crippen LogP contribution in [0.4, 0.5) is 0 Å². The highest BCUT2D eigenvalue weighted by atomic mass is 16.5. The molecule has 0 N–H and O–H groups in total. The van der Waals surface area contributed by atoms with Crippen molar-refractivity contribution in [1.82, 2.24) is 9.47 Å². The van der Waals surface area contributed by atoms with Crippen molar-refractivity contribution in [2.24, 2.45) is 5.92 Å². The molecule has 1 saturated heterocycles. The summed E-state index contributed by atoms with van der Waals surface area (Å²) in [6.07, 6.45) is 0.925. The summed E-state index contributed by atoms with van der Waals surface area (Å²) in [6, 6.07) is 22.5. The predicted molar refractivity (Wildman–Crippen MR) is 120 cm³/mol. The molecule has 0 unspecified atom stereocenters. The van der Waals surface area contributed by atoms with E-state index < -0.39 is 0 Å². The molecule has 0 aliphatic carbocycles. The van der Waals surface area contributed by atoms with Crippen molar-refractivity contribution >= 4 is 5.91 Å². The summed E-state index contributed by atoms with van der Waals surface area (Å²) >= 11 is 0. The summed E-state index contributed by atoms with van der Waals surface area (Å²) < 4.78 is 7.52. The van der Waals surface area contributed by atoms with Gasteiger partial charge < -0.3 is 14.2 Å². The van der Waals surface area contributed by atoms with Gasteiger partial charge >= 0.3 is 0 Å². The van der Waals surface area contributed by atoms with E-state index >= 15 is 0 Å². The summed E-state index contributed by atoms with van der Waals surface area (Å²) in [5.41, 5.74) is 3.21. The van der Waals surface area contributed by atoms with Gasteiger partial charge in [-0.25, -0.2) is 0 Å². The number of fused-ring (bicyclic) bond motifs is 4. The highest BCUT2D eigenvalue weighted by Crippen LogP contribution is 2.40. The van der Waals surface area contributed by atoms with E-state index in [0.29, 0.717) is 30.9 Å². The van der Waals surface area contributed by atoms with Crippen LogP contribution in [0.2, 0.25) is 0 Å². The Balaban J connectivity index is 1.45. The number of aromatic nitrogens is 1. The van der Waals surface area contributed by atoms with Gasteiger partial charge in [0, 0.05) is 48.4 Å². The lowest BCUT2D eigenvalue weighted by Crippen LogP contribution is -2.50. The van der Waals surface area contributed by atoms with Crippen LogP contribution in [-0.2, 0) is 11.3 Å². The summed E-state index contributed by atoms with van der Waals surface area (Å²) in [6.45, 7) is 1.74. The van der Waals surface area contributed by atoms with Crippen molar-refractivity contribution < 1.29 is 9.53 Å². The number of carbonyl (C=O) groups excluding carboxylic acids is 1. The highest BCUT2D eigenvalue weighted by molar-refractivity contribution is 5.78. The molecule has 2 aliphatic rings. The van der Waals surface area contributed by atoms with Crippen molar-refractivity contribution in [2.75, 3.05) is 19.7 Å². The maximum atomic E-state index is 12.9. The average molecular weight is 425 g/mol. The zero-order valence-electron chi connectivity index (χ0n) is 17.6. The van der Waals surface area contributed by atoms with E-state index in [-0.39, 0.29) is 29.9 Å². The van der Waals surface area contributed by atoms with E-state index in [1.807, 2.05) is 64.1 Å². The van der Waals surface area contributed by atoms with Crippen LogP contribution in [0.3, 0.4) is 0 Å². The number of ether oxygens (including phenoxy) is 1. The summed E-state index contributed by atoms with van der Waals surface area (Å²) in [7, 11) is 0. The van der Waals surface area contributed by atoms with Crippen LogP contribution in [0.1, 0.15) is 23.6 Å². The number of nitriles is 1. The molecule has 0 radical (unpaired) electrons. The number of rotatable bonds is 4. The monoisotopic (exact) mass is 425 g/mol. The molecular weight excluding hydrogens is 402 g/mol. The Morgan fingerprint density at radius 3 is 2.56 bits per heavy atom. The molecule has 5 rings (SSSR count). The van der Waals surface area contributed by atoms with Gasteiger partial charge in [-0.1, -0.05) is 36.4 Å². The number of benzene rings is 2. The lowest BCUT2D eigenvalue weighted by atomic mass is 9.80. The van der Waals surface area contributed by atoms with Crippen LogP contribution in [-0.4, -0.2) is 35.1 Å². The fraction of sp³-hybridized carbons (Fsp3) is 0.269. The van der Waals surface area contributed by atoms with Gasteiger partial charge in [-0.2, -0.15) is 5.26 Å². The van der Waals surface area contributed by atoms with Crippen molar-refractivity contribution in [3.8, 4) is 22.9 Å². The Bertz CT molecular complexity index is 1260. The van der Waals surface area contributed by atoms with E-state index in [2.05, 4.69) is 6.07 Å². The van der Waals surface area contributed by atoms with E-state index in [1.54, 1.807) is 12.1 Å². The SMILES string of the molecule is N#Cc1ccccc1-c1ccc(=O)n2c1[C@@H]1C[C@@H](CN(C(=O)COc3ccccc3)C1)C2. The second-order valence-electron chi connectivity index (χ2n) is 8.44. The van der Waals surface area contributed by atoms with Gasteiger partial charge in [0.15, 0.2) is 6.61 Å². The van der Waals surface area contributed by atoms with E-state index in [0.717, 1.165) is 23.2 Å². The molecule has 3 heterocycles. The van der Waals surface area contributed by atoms with Crippen molar-refractivity contribution in [1.29, 1.82) is 5.26 Å². The Morgan fingerprint density at radius 1 is 0.969 bits per heavy atom. The molecular formula is C26H23N3O3. The Morgan fingerprint density at radius 2 is 1.75 bits per heavy atom. The first kappa shape index (κ1) is 20.1. The summed E-state index contributed by atoms with van der Waals surface area (Å²) in [5.74, 6) is 0.888. The zero-order valence-corrected chi connectivity index (χ0v) is 17.6. The van der Waals surface area contributed by atoms with E-state index in [4.69, 9.17) is 4.74 Å². The maximum absolute atomic E-state index is 12.9. The molecule has 0 spiro atoms. The van der Waals surface area contributed by atoms with Crippen LogP contribution >= 0.6 is 0 Å². The maximum Gasteiger partial charge on any atom is 0.260 e.